The van der Waals surface area contributed by atoms with Crippen molar-refractivity contribution in [2.75, 3.05) is 19.0 Å². The van der Waals surface area contributed by atoms with Gasteiger partial charge in [0.2, 0.25) is 0 Å². The molecule has 0 bridgehead atoms. The first-order valence-electron chi connectivity index (χ1n) is 14.7. The molecule has 0 spiro atoms. The molecule has 0 unspecified atom stereocenters. The lowest BCUT2D eigenvalue weighted by atomic mass is 9.77. The first kappa shape index (κ1) is 25.5. The number of anilines is 1. The molecule has 3 atom stereocenters. The summed E-state index contributed by atoms with van der Waals surface area (Å²) in [5.74, 6) is 2.81. The minimum atomic E-state index is -0.576. The van der Waals surface area contributed by atoms with Crippen LogP contribution in [0.15, 0.2) is 134 Å². The Morgan fingerprint density at radius 3 is 2.07 bits per heavy atom. The molecule has 0 saturated heterocycles. The SMILES string of the molecule is CNc1ncncc1-c1ccc2c(c1)[C@@H]1[C@H](CO2)[C@H]1c1cn(C(c2ccccc2)(c2ccccc2)c2ccccc2)cn1. The van der Waals surface area contributed by atoms with Crippen molar-refractivity contribution < 1.29 is 4.74 Å². The van der Waals surface area contributed by atoms with E-state index in [4.69, 9.17) is 9.72 Å². The van der Waals surface area contributed by atoms with Crippen molar-refractivity contribution in [3.8, 4) is 16.9 Å². The average molecular weight is 562 g/mol. The quantitative estimate of drug-likeness (QED) is 0.211. The largest absolute Gasteiger partial charge is 0.493 e. The van der Waals surface area contributed by atoms with E-state index in [9.17, 15) is 0 Å². The minimum absolute atomic E-state index is 0.286. The predicted molar refractivity (Wildman–Crippen MR) is 168 cm³/mol. The first-order valence-corrected chi connectivity index (χ1v) is 14.7. The van der Waals surface area contributed by atoms with Crippen LogP contribution in [0.1, 0.15) is 39.8 Å². The Hall–Kier alpha value is -5.23. The van der Waals surface area contributed by atoms with Crippen LogP contribution in [0.2, 0.25) is 0 Å². The number of benzene rings is 4. The lowest BCUT2D eigenvalue weighted by molar-refractivity contribution is 0.277. The Balaban J connectivity index is 1.23. The molecular formula is C37H31N5O. The van der Waals surface area contributed by atoms with Crippen LogP contribution >= 0.6 is 0 Å². The highest BCUT2D eigenvalue weighted by molar-refractivity contribution is 5.76. The minimum Gasteiger partial charge on any atom is -0.493 e. The van der Waals surface area contributed by atoms with Crippen molar-refractivity contribution in [1.29, 1.82) is 0 Å². The van der Waals surface area contributed by atoms with Gasteiger partial charge in [-0.3, -0.25) is 0 Å². The third-order valence-corrected chi connectivity index (χ3v) is 9.13. The van der Waals surface area contributed by atoms with Gasteiger partial charge >= 0.3 is 0 Å². The molecule has 210 valence electrons. The molecule has 4 aromatic carbocycles. The summed E-state index contributed by atoms with van der Waals surface area (Å²) >= 11 is 0. The van der Waals surface area contributed by atoms with E-state index in [1.54, 1.807) is 6.33 Å². The molecule has 0 amide bonds. The van der Waals surface area contributed by atoms with Gasteiger partial charge < -0.3 is 14.6 Å². The summed E-state index contributed by atoms with van der Waals surface area (Å²) in [6.45, 7) is 0.700. The van der Waals surface area contributed by atoms with Gasteiger partial charge in [0.15, 0.2) is 0 Å². The number of rotatable bonds is 7. The second kappa shape index (κ2) is 10.2. The molecule has 1 aliphatic carbocycles. The molecular weight excluding hydrogens is 530 g/mol. The van der Waals surface area contributed by atoms with Crippen LogP contribution in [0.5, 0.6) is 5.75 Å². The Kier molecular flexibility index (Phi) is 6.07. The van der Waals surface area contributed by atoms with Crippen LogP contribution in [-0.2, 0) is 5.54 Å². The number of fused-ring (bicyclic) bond motifs is 3. The number of ether oxygens (including phenoxy) is 1. The normalized spacial score (nSPS) is 18.7. The van der Waals surface area contributed by atoms with Gasteiger partial charge in [0, 0.05) is 42.8 Å². The fourth-order valence-corrected chi connectivity index (χ4v) is 7.12. The summed E-state index contributed by atoms with van der Waals surface area (Å²) in [5.41, 5.74) is 7.39. The Labute approximate surface area is 251 Å². The molecule has 1 saturated carbocycles. The van der Waals surface area contributed by atoms with Crippen molar-refractivity contribution in [1.82, 2.24) is 19.5 Å². The van der Waals surface area contributed by atoms with Crippen molar-refractivity contribution >= 4 is 5.82 Å². The van der Waals surface area contributed by atoms with Crippen LogP contribution < -0.4 is 10.1 Å². The molecule has 2 aromatic heterocycles. The van der Waals surface area contributed by atoms with Crippen LogP contribution in [0.3, 0.4) is 0 Å². The molecule has 1 N–H and O–H groups in total. The lowest BCUT2D eigenvalue weighted by Crippen LogP contribution is -2.36. The highest BCUT2D eigenvalue weighted by Gasteiger charge is 2.57. The van der Waals surface area contributed by atoms with Gasteiger partial charge in [0.1, 0.15) is 23.4 Å². The van der Waals surface area contributed by atoms with Gasteiger partial charge in [-0.05, 0) is 39.9 Å². The van der Waals surface area contributed by atoms with Crippen LogP contribution in [-0.4, -0.2) is 33.2 Å². The van der Waals surface area contributed by atoms with E-state index in [1.807, 2.05) is 19.6 Å². The average Bonchev–Trinajstić information content (AvgIpc) is 3.64. The molecule has 3 heterocycles. The summed E-state index contributed by atoms with van der Waals surface area (Å²) in [6, 6.07) is 38.7. The maximum Gasteiger partial charge on any atom is 0.137 e. The third kappa shape index (κ3) is 4.05. The lowest BCUT2D eigenvalue weighted by Gasteiger charge is -2.37. The molecule has 43 heavy (non-hydrogen) atoms. The van der Waals surface area contributed by atoms with E-state index in [-0.39, 0.29) is 5.92 Å². The van der Waals surface area contributed by atoms with E-state index >= 15 is 0 Å². The number of imidazole rings is 1. The second-order valence-electron chi connectivity index (χ2n) is 11.3. The van der Waals surface area contributed by atoms with Gasteiger partial charge in [-0.15, -0.1) is 0 Å². The molecule has 1 aliphatic heterocycles. The smallest absolute Gasteiger partial charge is 0.137 e. The maximum absolute atomic E-state index is 6.28. The van der Waals surface area contributed by atoms with Gasteiger partial charge in [-0.1, -0.05) is 97.1 Å². The topological polar surface area (TPSA) is 64.9 Å². The van der Waals surface area contributed by atoms with Crippen molar-refractivity contribution in [3.05, 3.63) is 162 Å². The highest BCUT2D eigenvalue weighted by Crippen LogP contribution is 2.64. The first-order chi connectivity index (χ1) is 21.3. The van der Waals surface area contributed by atoms with Gasteiger partial charge in [-0.2, -0.15) is 0 Å². The summed E-state index contributed by atoms with van der Waals surface area (Å²) in [6.07, 6.45) is 7.72. The number of hydrogen-bond donors (Lipinski definition) is 1. The molecule has 8 rings (SSSR count). The zero-order valence-corrected chi connectivity index (χ0v) is 23.8. The van der Waals surface area contributed by atoms with E-state index in [2.05, 4.69) is 135 Å². The van der Waals surface area contributed by atoms with Crippen molar-refractivity contribution in [3.63, 3.8) is 0 Å². The van der Waals surface area contributed by atoms with E-state index in [1.165, 1.54) is 22.3 Å². The number of nitrogens with one attached hydrogen (secondary N) is 1. The summed E-state index contributed by atoms with van der Waals surface area (Å²) in [4.78, 5) is 13.8. The highest BCUT2D eigenvalue weighted by atomic mass is 16.5. The molecule has 6 aromatic rings. The number of aromatic nitrogens is 4. The number of nitrogens with zero attached hydrogens (tertiary/aromatic N) is 4. The zero-order chi connectivity index (χ0) is 28.8. The molecule has 1 fully saturated rings. The van der Waals surface area contributed by atoms with Crippen LogP contribution in [0.4, 0.5) is 5.82 Å². The van der Waals surface area contributed by atoms with E-state index in [0.717, 1.165) is 28.4 Å². The molecule has 2 aliphatic rings. The number of hydrogen-bond acceptors (Lipinski definition) is 5. The van der Waals surface area contributed by atoms with Gasteiger partial charge in [0.05, 0.1) is 18.6 Å². The fourth-order valence-electron chi connectivity index (χ4n) is 7.12. The third-order valence-electron chi connectivity index (χ3n) is 9.13. The monoisotopic (exact) mass is 561 g/mol. The van der Waals surface area contributed by atoms with Gasteiger partial charge in [0.25, 0.3) is 0 Å². The van der Waals surface area contributed by atoms with Gasteiger partial charge in [-0.25, -0.2) is 15.0 Å². The van der Waals surface area contributed by atoms with Crippen LogP contribution in [0.25, 0.3) is 11.1 Å². The summed E-state index contributed by atoms with van der Waals surface area (Å²) in [7, 11) is 1.89. The van der Waals surface area contributed by atoms with E-state index in [0.29, 0.717) is 18.4 Å². The molecule has 0 radical (unpaired) electrons. The van der Waals surface area contributed by atoms with Crippen molar-refractivity contribution in [2.45, 2.75) is 17.4 Å². The molecule has 6 nitrogen and oxygen atoms in total. The zero-order valence-electron chi connectivity index (χ0n) is 23.8. The Morgan fingerprint density at radius 1 is 0.791 bits per heavy atom. The van der Waals surface area contributed by atoms with Crippen molar-refractivity contribution in [2.24, 2.45) is 5.92 Å². The Morgan fingerprint density at radius 2 is 1.44 bits per heavy atom. The maximum atomic E-state index is 6.28. The second-order valence-corrected chi connectivity index (χ2v) is 11.3. The van der Waals surface area contributed by atoms with E-state index < -0.39 is 5.54 Å². The summed E-state index contributed by atoms with van der Waals surface area (Å²) < 4.78 is 8.59. The summed E-state index contributed by atoms with van der Waals surface area (Å²) in [5, 5.41) is 3.19. The standard InChI is InChI=1S/C37H31N5O/c1-38-36-30(20-39-23-40-36)25-17-18-33-29(19-25)34-31(22-43-33)35(34)32-21-42(24-41-32)37(26-11-5-2-6-12-26,27-13-7-3-8-14-27)28-15-9-4-10-16-28/h2-21,23-24,31,34-35H,22H2,1H3,(H,38,39,40)/t31-,34+,35-/m0/s1. The molecule has 6 heteroatoms. The predicted octanol–water partition coefficient (Wildman–Crippen LogP) is 7.11. The fraction of sp³-hybridized carbons (Fsp3) is 0.162. The van der Waals surface area contributed by atoms with Crippen LogP contribution in [0, 0.1) is 5.92 Å². The Bertz CT molecular complexity index is 1790.